The number of aryl methyl sites for hydroxylation is 1. The van der Waals surface area contributed by atoms with Crippen LogP contribution in [0.5, 0.6) is 0 Å². The molecule has 0 aliphatic rings. The molecule has 64 valence electrons. The first-order valence-electron chi connectivity index (χ1n) is 3.96. The van der Waals surface area contributed by atoms with Gasteiger partial charge in [0.05, 0.1) is 0 Å². The Labute approximate surface area is 80.7 Å². The predicted octanol–water partition coefficient (Wildman–Crippen LogP) is 2.37. The number of thiophene rings is 1. The highest BCUT2D eigenvalue weighted by Crippen LogP contribution is 2.20. The molecule has 2 aromatic rings. The summed E-state index contributed by atoms with van der Waals surface area (Å²) in [6.45, 7) is 3.70. The number of hydrogen-bond donors (Lipinski definition) is 0. The number of nitrogens with zero attached hydrogens (tertiary/aromatic N) is 2. The zero-order chi connectivity index (χ0) is 9.26. The summed E-state index contributed by atoms with van der Waals surface area (Å²) < 4.78 is 0. The second-order valence-corrected chi connectivity index (χ2v) is 3.53. The Bertz CT molecular complexity index is 502. The summed E-state index contributed by atoms with van der Waals surface area (Å²) in [7, 11) is 0. The smallest absolute Gasteiger partial charge is 0.128 e. The minimum Gasteiger partial charge on any atom is -0.224 e. The summed E-state index contributed by atoms with van der Waals surface area (Å²) in [6.07, 6.45) is 0. The average molecular weight is 188 g/mol. The molecule has 0 aliphatic heterocycles. The molecule has 0 saturated heterocycles. The number of aromatic nitrogens is 2. The van der Waals surface area contributed by atoms with E-state index in [9.17, 15) is 0 Å². The van der Waals surface area contributed by atoms with Gasteiger partial charge in [0, 0.05) is 5.39 Å². The topological polar surface area (TPSA) is 25.8 Å². The molecule has 13 heavy (non-hydrogen) atoms. The van der Waals surface area contributed by atoms with E-state index >= 15 is 0 Å². The molecule has 0 atom stereocenters. The van der Waals surface area contributed by atoms with Crippen LogP contribution < -0.4 is 0 Å². The van der Waals surface area contributed by atoms with E-state index in [4.69, 9.17) is 0 Å². The van der Waals surface area contributed by atoms with Gasteiger partial charge in [0.1, 0.15) is 16.3 Å². The van der Waals surface area contributed by atoms with Gasteiger partial charge in [-0.1, -0.05) is 5.92 Å². The van der Waals surface area contributed by atoms with Crippen molar-refractivity contribution >= 4 is 21.6 Å². The maximum absolute atomic E-state index is 4.32. The van der Waals surface area contributed by atoms with Gasteiger partial charge in [-0.2, -0.15) is 0 Å². The average Bonchev–Trinajstić information content (AvgIpc) is 2.52. The molecule has 0 aromatic carbocycles. The monoisotopic (exact) mass is 188 g/mol. The number of hydrogen-bond acceptors (Lipinski definition) is 3. The molecule has 3 heteroatoms. The van der Waals surface area contributed by atoms with Gasteiger partial charge in [-0.25, -0.2) is 9.97 Å². The van der Waals surface area contributed by atoms with E-state index in [1.807, 2.05) is 25.3 Å². The van der Waals surface area contributed by atoms with Gasteiger partial charge < -0.3 is 0 Å². The molecule has 0 spiro atoms. The summed E-state index contributed by atoms with van der Waals surface area (Å²) in [4.78, 5) is 9.62. The maximum atomic E-state index is 4.32. The van der Waals surface area contributed by atoms with Gasteiger partial charge in [-0.3, -0.25) is 0 Å². The molecule has 0 bridgehead atoms. The standard InChI is InChI=1S/C10H8N2S/c1-3-4-9-8-5-6-13-10(8)12-7(2)11-9/h5-6H,1-2H3. The second kappa shape index (κ2) is 3.15. The lowest BCUT2D eigenvalue weighted by atomic mass is 10.3. The lowest BCUT2D eigenvalue weighted by Gasteiger charge is -1.95. The van der Waals surface area contributed by atoms with Crippen LogP contribution in [0.15, 0.2) is 11.4 Å². The summed E-state index contributed by atoms with van der Waals surface area (Å²) in [5.74, 6) is 6.63. The Morgan fingerprint density at radius 3 is 3.00 bits per heavy atom. The zero-order valence-corrected chi connectivity index (χ0v) is 8.27. The Morgan fingerprint density at radius 1 is 1.38 bits per heavy atom. The molecular formula is C10H8N2S. The summed E-state index contributed by atoms with van der Waals surface area (Å²) >= 11 is 1.62. The van der Waals surface area contributed by atoms with Crippen LogP contribution in [0.1, 0.15) is 18.4 Å². The van der Waals surface area contributed by atoms with Crippen LogP contribution in [0.3, 0.4) is 0 Å². The molecule has 0 saturated carbocycles. The maximum Gasteiger partial charge on any atom is 0.128 e. The molecule has 0 aliphatic carbocycles. The van der Waals surface area contributed by atoms with Crippen molar-refractivity contribution in [3.63, 3.8) is 0 Å². The van der Waals surface area contributed by atoms with E-state index in [-0.39, 0.29) is 0 Å². The Balaban J connectivity index is 2.82. The summed E-state index contributed by atoms with van der Waals surface area (Å²) in [6, 6.07) is 2.01. The minimum atomic E-state index is 0.785. The van der Waals surface area contributed by atoms with E-state index in [0.29, 0.717) is 0 Å². The summed E-state index contributed by atoms with van der Waals surface area (Å²) in [5, 5.41) is 3.07. The highest BCUT2D eigenvalue weighted by atomic mass is 32.1. The lowest BCUT2D eigenvalue weighted by Crippen LogP contribution is -1.90. The van der Waals surface area contributed by atoms with Crippen LogP contribution >= 0.6 is 11.3 Å². The fourth-order valence-corrected chi connectivity index (χ4v) is 1.99. The van der Waals surface area contributed by atoms with E-state index in [2.05, 4.69) is 21.8 Å². The van der Waals surface area contributed by atoms with Crippen molar-refractivity contribution < 1.29 is 0 Å². The lowest BCUT2D eigenvalue weighted by molar-refractivity contribution is 1.09. The third-order valence-corrected chi connectivity index (χ3v) is 2.49. The van der Waals surface area contributed by atoms with Crippen molar-refractivity contribution in [2.24, 2.45) is 0 Å². The van der Waals surface area contributed by atoms with Crippen molar-refractivity contribution in [2.75, 3.05) is 0 Å². The number of fused-ring (bicyclic) bond motifs is 1. The molecule has 0 radical (unpaired) electrons. The van der Waals surface area contributed by atoms with Gasteiger partial charge in [0.2, 0.25) is 0 Å². The molecule has 2 nitrogen and oxygen atoms in total. The second-order valence-electron chi connectivity index (χ2n) is 2.63. The molecule has 2 heterocycles. The number of rotatable bonds is 0. The molecule has 2 rings (SSSR count). The molecular weight excluding hydrogens is 180 g/mol. The Kier molecular flexibility index (Phi) is 1.99. The Morgan fingerprint density at radius 2 is 2.23 bits per heavy atom. The van der Waals surface area contributed by atoms with Crippen LogP contribution in [0.4, 0.5) is 0 Å². The van der Waals surface area contributed by atoms with Crippen molar-refractivity contribution in [3.05, 3.63) is 23.0 Å². The molecule has 2 aromatic heterocycles. The van der Waals surface area contributed by atoms with Crippen molar-refractivity contribution in [1.82, 2.24) is 9.97 Å². The molecule has 0 amide bonds. The van der Waals surface area contributed by atoms with E-state index in [1.165, 1.54) is 0 Å². The van der Waals surface area contributed by atoms with Gasteiger partial charge in [-0.15, -0.1) is 11.3 Å². The SMILES string of the molecule is CC#Cc1nc(C)nc2sccc12. The van der Waals surface area contributed by atoms with E-state index in [0.717, 1.165) is 21.7 Å². The van der Waals surface area contributed by atoms with Crippen LogP contribution in [0.25, 0.3) is 10.2 Å². The first-order chi connectivity index (χ1) is 6.31. The van der Waals surface area contributed by atoms with Crippen LogP contribution in [0, 0.1) is 18.8 Å². The third kappa shape index (κ3) is 1.41. The quantitative estimate of drug-likeness (QED) is 0.593. The minimum absolute atomic E-state index is 0.785. The Hall–Kier alpha value is -1.40. The van der Waals surface area contributed by atoms with E-state index < -0.39 is 0 Å². The third-order valence-electron chi connectivity index (χ3n) is 1.68. The van der Waals surface area contributed by atoms with Gasteiger partial charge in [-0.05, 0) is 31.2 Å². The van der Waals surface area contributed by atoms with Crippen LogP contribution in [0.2, 0.25) is 0 Å². The normalized spacial score (nSPS) is 9.69. The highest BCUT2D eigenvalue weighted by Gasteiger charge is 2.03. The van der Waals surface area contributed by atoms with Gasteiger partial charge in [0.25, 0.3) is 0 Å². The van der Waals surface area contributed by atoms with Crippen molar-refractivity contribution in [3.8, 4) is 11.8 Å². The molecule has 0 unspecified atom stereocenters. The summed E-state index contributed by atoms with van der Waals surface area (Å²) in [5.41, 5.74) is 0.839. The highest BCUT2D eigenvalue weighted by molar-refractivity contribution is 7.16. The molecule has 0 N–H and O–H groups in total. The largest absolute Gasteiger partial charge is 0.224 e. The van der Waals surface area contributed by atoms with Crippen molar-refractivity contribution in [1.29, 1.82) is 0 Å². The molecule has 0 fully saturated rings. The van der Waals surface area contributed by atoms with Gasteiger partial charge in [0.15, 0.2) is 0 Å². The first kappa shape index (κ1) is 8.21. The van der Waals surface area contributed by atoms with Crippen molar-refractivity contribution in [2.45, 2.75) is 13.8 Å². The predicted molar refractivity (Wildman–Crippen MR) is 54.7 cm³/mol. The van der Waals surface area contributed by atoms with Crippen LogP contribution in [-0.2, 0) is 0 Å². The fourth-order valence-electron chi connectivity index (χ4n) is 1.18. The van der Waals surface area contributed by atoms with Gasteiger partial charge >= 0.3 is 0 Å². The fraction of sp³-hybridized carbons (Fsp3) is 0.200. The first-order valence-corrected chi connectivity index (χ1v) is 4.84. The van der Waals surface area contributed by atoms with E-state index in [1.54, 1.807) is 11.3 Å². The van der Waals surface area contributed by atoms with Crippen LogP contribution in [-0.4, -0.2) is 9.97 Å². The zero-order valence-electron chi connectivity index (χ0n) is 7.46.